The van der Waals surface area contributed by atoms with Crippen molar-refractivity contribution in [3.05, 3.63) is 0 Å². The highest BCUT2D eigenvalue weighted by Crippen LogP contribution is 2.02. The Hall–Kier alpha value is -0.610. The van der Waals surface area contributed by atoms with E-state index in [0.29, 0.717) is 6.54 Å². The van der Waals surface area contributed by atoms with Gasteiger partial charge in [-0.05, 0) is 12.8 Å². The Bertz CT molecular complexity index is 161. The van der Waals surface area contributed by atoms with Gasteiger partial charge in [0.15, 0.2) is 0 Å². The molecular weight excluding hydrogens is 170 g/mol. The van der Waals surface area contributed by atoms with Gasteiger partial charge in [-0.2, -0.15) is 0 Å². The van der Waals surface area contributed by atoms with Crippen LogP contribution in [0.3, 0.4) is 0 Å². The van der Waals surface area contributed by atoms with Crippen molar-refractivity contribution in [3.8, 4) is 0 Å². The lowest BCUT2D eigenvalue weighted by molar-refractivity contribution is -0.141. The molecule has 0 rings (SSSR count). The SMILES string of the molecule is CC(CO)CNC(C)C(C)C(=O)O. The summed E-state index contributed by atoms with van der Waals surface area (Å²) in [5.74, 6) is -1.02. The number of rotatable bonds is 6. The maximum atomic E-state index is 10.6. The van der Waals surface area contributed by atoms with Crippen LogP contribution in [0.4, 0.5) is 0 Å². The van der Waals surface area contributed by atoms with Gasteiger partial charge in [0.05, 0.1) is 5.92 Å². The molecule has 0 aromatic rings. The number of aliphatic hydroxyl groups is 1. The molecule has 0 aliphatic carbocycles. The highest BCUT2D eigenvalue weighted by atomic mass is 16.4. The number of hydrogen-bond donors (Lipinski definition) is 3. The van der Waals surface area contributed by atoms with E-state index < -0.39 is 11.9 Å². The molecule has 78 valence electrons. The molecule has 0 bridgehead atoms. The molecule has 0 aliphatic heterocycles. The zero-order chi connectivity index (χ0) is 10.4. The third kappa shape index (κ3) is 4.85. The molecule has 4 nitrogen and oxygen atoms in total. The lowest BCUT2D eigenvalue weighted by atomic mass is 10.0. The molecule has 3 unspecified atom stereocenters. The van der Waals surface area contributed by atoms with Gasteiger partial charge in [0.25, 0.3) is 0 Å². The molecule has 0 aliphatic rings. The van der Waals surface area contributed by atoms with Crippen LogP contribution >= 0.6 is 0 Å². The molecule has 0 aromatic heterocycles. The standard InChI is InChI=1S/C9H19NO3/c1-6(5-11)4-10-8(3)7(2)9(12)13/h6-8,10-11H,4-5H2,1-3H3,(H,12,13). The first-order valence-corrected chi connectivity index (χ1v) is 4.56. The fourth-order valence-electron chi connectivity index (χ4n) is 0.842. The Balaban J connectivity index is 3.73. The van der Waals surface area contributed by atoms with E-state index in [-0.39, 0.29) is 18.6 Å². The van der Waals surface area contributed by atoms with Gasteiger partial charge >= 0.3 is 5.97 Å². The van der Waals surface area contributed by atoms with Crippen LogP contribution in [0.5, 0.6) is 0 Å². The van der Waals surface area contributed by atoms with Crippen molar-refractivity contribution < 1.29 is 15.0 Å². The lowest BCUT2D eigenvalue weighted by Crippen LogP contribution is -2.38. The van der Waals surface area contributed by atoms with Crippen molar-refractivity contribution >= 4 is 5.97 Å². The highest BCUT2D eigenvalue weighted by molar-refractivity contribution is 5.70. The molecule has 4 heteroatoms. The van der Waals surface area contributed by atoms with Crippen LogP contribution < -0.4 is 5.32 Å². The maximum absolute atomic E-state index is 10.6. The van der Waals surface area contributed by atoms with E-state index in [2.05, 4.69) is 5.32 Å². The average Bonchev–Trinajstić information content (AvgIpc) is 2.11. The summed E-state index contributed by atoms with van der Waals surface area (Å²) in [4.78, 5) is 10.6. The first-order chi connectivity index (χ1) is 5.99. The Morgan fingerprint density at radius 1 is 1.38 bits per heavy atom. The van der Waals surface area contributed by atoms with Crippen LogP contribution in [0.15, 0.2) is 0 Å². The number of nitrogens with one attached hydrogen (secondary N) is 1. The quantitative estimate of drug-likeness (QED) is 0.562. The minimum atomic E-state index is -0.795. The number of carbonyl (C=O) groups is 1. The zero-order valence-electron chi connectivity index (χ0n) is 8.45. The largest absolute Gasteiger partial charge is 0.481 e. The van der Waals surface area contributed by atoms with Crippen molar-refractivity contribution in [2.45, 2.75) is 26.8 Å². The first kappa shape index (κ1) is 12.4. The van der Waals surface area contributed by atoms with Crippen molar-refractivity contribution in [2.24, 2.45) is 11.8 Å². The van der Waals surface area contributed by atoms with Crippen molar-refractivity contribution in [2.75, 3.05) is 13.2 Å². The van der Waals surface area contributed by atoms with Gasteiger partial charge in [-0.15, -0.1) is 0 Å². The van der Waals surface area contributed by atoms with Crippen LogP contribution in [0, 0.1) is 11.8 Å². The number of aliphatic carboxylic acids is 1. The van der Waals surface area contributed by atoms with Crippen molar-refractivity contribution in [3.63, 3.8) is 0 Å². The predicted molar refractivity (Wildman–Crippen MR) is 50.5 cm³/mol. The summed E-state index contributed by atoms with van der Waals surface area (Å²) < 4.78 is 0. The number of aliphatic hydroxyl groups excluding tert-OH is 1. The molecule has 3 atom stereocenters. The van der Waals surface area contributed by atoms with E-state index in [1.165, 1.54) is 0 Å². The molecule has 0 radical (unpaired) electrons. The maximum Gasteiger partial charge on any atom is 0.307 e. The topological polar surface area (TPSA) is 69.6 Å². The smallest absolute Gasteiger partial charge is 0.307 e. The molecule has 0 aromatic carbocycles. The molecule has 0 saturated heterocycles. The molecule has 0 saturated carbocycles. The van der Waals surface area contributed by atoms with Gasteiger partial charge in [0, 0.05) is 19.2 Å². The van der Waals surface area contributed by atoms with Gasteiger partial charge in [-0.3, -0.25) is 4.79 Å². The van der Waals surface area contributed by atoms with E-state index in [0.717, 1.165) is 0 Å². The monoisotopic (exact) mass is 189 g/mol. The van der Waals surface area contributed by atoms with Gasteiger partial charge in [-0.1, -0.05) is 13.8 Å². The Morgan fingerprint density at radius 2 is 1.92 bits per heavy atom. The molecule has 13 heavy (non-hydrogen) atoms. The van der Waals surface area contributed by atoms with Gasteiger partial charge in [0.2, 0.25) is 0 Å². The highest BCUT2D eigenvalue weighted by Gasteiger charge is 2.18. The van der Waals surface area contributed by atoms with E-state index in [4.69, 9.17) is 10.2 Å². The normalized spacial score (nSPS) is 17.8. The van der Waals surface area contributed by atoms with Crippen LogP contribution in [-0.2, 0) is 4.79 Å². The van der Waals surface area contributed by atoms with Crippen molar-refractivity contribution in [1.82, 2.24) is 5.32 Å². The molecule has 0 amide bonds. The van der Waals surface area contributed by atoms with Gasteiger partial charge in [0.1, 0.15) is 0 Å². The molecule has 0 spiro atoms. The third-order valence-electron chi connectivity index (χ3n) is 2.24. The summed E-state index contributed by atoms with van der Waals surface area (Å²) in [6, 6.07) is -0.0634. The first-order valence-electron chi connectivity index (χ1n) is 4.56. The fraction of sp³-hybridized carbons (Fsp3) is 0.889. The van der Waals surface area contributed by atoms with E-state index >= 15 is 0 Å². The van der Waals surface area contributed by atoms with E-state index in [9.17, 15) is 4.79 Å². The summed E-state index contributed by atoms with van der Waals surface area (Å²) in [5, 5.41) is 20.5. The zero-order valence-corrected chi connectivity index (χ0v) is 8.45. The van der Waals surface area contributed by atoms with Crippen LogP contribution in [0.1, 0.15) is 20.8 Å². The minimum absolute atomic E-state index is 0.0634. The van der Waals surface area contributed by atoms with E-state index in [1.54, 1.807) is 6.92 Å². The van der Waals surface area contributed by atoms with Crippen molar-refractivity contribution in [1.29, 1.82) is 0 Å². The summed E-state index contributed by atoms with van der Waals surface area (Å²) in [5.41, 5.74) is 0. The Labute approximate surface area is 79.0 Å². The fourth-order valence-corrected chi connectivity index (χ4v) is 0.842. The summed E-state index contributed by atoms with van der Waals surface area (Å²) in [6.45, 7) is 6.19. The van der Waals surface area contributed by atoms with Crippen LogP contribution in [0.25, 0.3) is 0 Å². The molecule has 0 heterocycles. The summed E-state index contributed by atoms with van der Waals surface area (Å²) in [7, 11) is 0. The van der Waals surface area contributed by atoms with E-state index in [1.807, 2.05) is 13.8 Å². The van der Waals surface area contributed by atoms with Crippen LogP contribution in [0.2, 0.25) is 0 Å². The average molecular weight is 189 g/mol. The number of hydrogen-bond acceptors (Lipinski definition) is 3. The molecule has 0 fully saturated rings. The Kier molecular flexibility index (Phi) is 5.66. The summed E-state index contributed by atoms with van der Waals surface area (Å²) in [6.07, 6.45) is 0. The molecule has 3 N–H and O–H groups in total. The second kappa shape index (κ2) is 5.94. The third-order valence-corrected chi connectivity index (χ3v) is 2.24. The second-order valence-corrected chi connectivity index (χ2v) is 3.61. The second-order valence-electron chi connectivity index (χ2n) is 3.61. The predicted octanol–water partition coefficient (Wildman–Crippen LogP) is 0.314. The Morgan fingerprint density at radius 3 is 2.31 bits per heavy atom. The van der Waals surface area contributed by atoms with Crippen LogP contribution in [-0.4, -0.2) is 35.4 Å². The lowest BCUT2D eigenvalue weighted by Gasteiger charge is -2.19. The number of carboxylic acids is 1. The number of carboxylic acid groups (broad SMARTS) is 1. The van der Waals surface area contributed by atoms with Gasteiger partial charge < -0.3 is 15.5 Å². The van der Waals surface area contributed by atoms with Gasteiger partial charge in [-0.25, -0.2) is 0 Å². The summed E-state index contributed by atoms with van der Waals surface area (Å²) >= 11 is 0. The minimum Gasteiger partial charge on any atom is -0.481 e. The molecular formula is C9H19NO3.